The summed E-state index contributed by atoms with van der Waals surface area (Å²) >= 11 is 0. The molecule has 2 bridgehead atoms. The van der Waals surface area contributed by atoms with Gasteiger partial charge in [0.05, 0.1) is 14.2 Å². The summed E-state index contributed by atoms with van der Waals surface area (Å²) in [6, 6.07) is 6.25. The van der Waals surface area contributed by atoms with Gasteiger partial charge in [0.2, 0.25) is 5.91 Å². The maximum atomic E-state index is 13.4. The number of benzene rings is 1. The Morgan fingerprint density at radius 1 is 1.15 bits per heavy atom. The standard InChI is InChI=1S/C21H28N2O3/c1-25-18-10-15(11-19(12-18)26-2)13-23(17-5-6-17)21(24)20-7-9-22-8-3-4-16(20)14-22/h7,10-12,16-17H,3-6,8-9,13-14H2,1-2H3. The van der Waals surface area contributed by atoms with Crippen LogP contribution in [0.25, 0.3) is 0 Å². The predicted octanol–water partition coefficient (Wildman–Crippen LogP) is 2.85. The number of fused-ring (bicyclic) bond motifs is 2. The average Bonchev–Trinajstić information content (AvgIpc) is 3.50. The van der Waals surface area contributed by atoms with Crippen molar-refractivity contribution < 1.29 is 14.3 Å². The van der Waals surface area contributed by atoms with Crippen molar-refractivity contribution in [1.82, 2.24) is 9.80 Å². The fourth-order valence-corrected chi connectivity index (χ4v) is 4.20. The number of rotatable bonds is 6. The second-order valence-corrected chi connectivity index (χ2v) is 7.64. The number of ether oxygens (including phenoxy) is 2. The maximum absolute atomic E-state index is 13.4. The summed E-state index contributed by atoms with van der Waals surface area (Å²) < 4.78 is 10.8. The third-order valence-corrected chi connectivity index (χ3v) is 5.77. The van der Waals surface area contributed by atoms with E-state index in [1.54, 1.807) is 14.2 Å². The third kappa shape index (κ3) is 3.58. The van der Waals surface area contributed by atoms with E-state index in [1.165, 1.54) is 13.0 Å². The first kappa shape index (κ1) is 17.4. The van der Waals surface area contributed by atoms with Gasteiger partial charge in [0.15, 0.2) is 0 Å². The highest BCUT2D eigenvalue weighted by atomic mass is 16.5. The molecule has 140 valence electrons. The second kappa shape index (κ2) is 7.31. The van der Waals surface area contributed by atoms with Crippen LogP contribution >= 0.6 is 0 Å². The van der Waals surface area contributed by atoms with E-state index in [9.17, 15) is 4.79 Å². The lowest BCUT2D eigenvalue weighted by Gasteiger charge is -2.38. The molecule has 1 aromatic carbocycles. The Morgan fingerprint density at radius 2 is 1.88 bits per heavy atom. The first-order valence-corrected chi connectivity index (χ1v) is 9.63. The molecule has 2 fully saturated rings. The number of piperidine rings is 1. The first-order chi connectivity index (χ1) is 12.7. The van der Waals surface area contributed by atoms with Gasteiger partial charge < -0.3 is 14.4 Å². The molecular formula is C21H28N2O3. The van der Waals surface area contributed by atoms with E-state index in [1.807, 2.05) is 18.2 Å². The molecule has 1 amide bonds. The quantitative estimate of drug-likeness (QED) is 0.786. The molecule has 1 saturated heterocycles. The highest BCUT2D eigenvalue weighted by Gasteiger charge is 2.38. The minimum atomic E-state index is 0.237. The van der Waals surface area contributed by atoms with Crippen molar-refractivity contribution in [1.29, 1.82) is 0 Å². The van der Waals surface area contributed by atoms with Crippen LogP contribution in [0.1, 0.15) is 31.2 Å². The van der Waals surface area contributed by atoms with Crippen LogP contribution in [0.2, 0.25) is 0 Å². The van der Waals surface area contributed by atoms with E-state index < -0.39 is 0 Å². The molecule has 1 aromatic rings. The van der Waals surface area contributed by atoms with Crippen molar-refractivity contribution in [3.05, 3.63) is 35.4 Å². The summed E-state index contributed by atoms with van der Waals surface area (Å²) in [6.45, 7) is 3.75. The van der Waals surface area contributed by atoms with Crippen LogP contribution in [0.5, 0.6) is 11.5 Å². The normalized spacial score (nSPS) is 24.6. The van der Waals surface area contributed by atoms with Gasteiger partial charge >= 0.3 is 0 Å². The van der Waals surface area contributed by atoms with Gasteiger partial charge in [0.25, 0.3) is 0 Å². The number of amides is 1. The third-order valence-electron chi connectivity index (χ3n) is 5.77. The van der Waals surface area contributed by atoms with Gasteiger partial charge in [-0.3, -0.25) is 9.69 Å². The summed E-state index contributed by atoms with van der Waals surface area (Å²) in [5, 5.41) is 0. The van der Waals surface area contributed by atoms with Crippen LogP contribution in [0, 0.1) is 5.92 Å². The molecule has 4 rings (SSSR count). The lowest BCUT2D eigenvalue weighted by Crippen LogP contribution is -2.44. The van der Waals surface area contributed by atoms with E-state index in [4.69, 9.17) is 9.47 Å². The number of hydrogen-bond donors (Lipinski definition) is 0. The Kier molecular flexibility index (Phi) is 4.90. The van der Waals surface area contributed by atoms with Gasteiger partial charge in [-0.2, -0.15) is 0 Å². The van der Waals surface area contributed by atoms with E-state index in [-0.39, 0.29) is 5.91 Å². The molecule has 2 atom stereocenters. The number of hydrogen-bond acceptors (Lipinski definition) is 4. The Labute approximate surface area is 155 Å². The molecule has 1 aliphatic carbocycles. The molecule has 0 radical (unpaired) electrons. The minimum absolute atomic E-state index is 0.237. The number of carbonyl (C=O) groups is 1. The number of nitrogens with zero attached hydrogens (tertiary/aromatic N) is 2. The summed E-state index contributed by atoms with van der Waals surface area (Å²) in [7, 11) is 3.31. The molecule has 2 heterocycles. The molecule has 0 spiro atoms. The Morgan fingerprint density at radius 3 is 2.54 bits per heavy atom. The second-order valence-electron chi connectivity index (χ2n) is 7.64. The molecule has 1 saturated carbocycles. The molecule has 3 aliphatic rings. The van der Waals surface area contributed by atoms with E-state index in [0.29, 0.717) is 18.5 Å². The summed E-state index contributed by atoms with van der Waals surface area (Å²) in [5.74, 6) is 2.18. The molecule has 0 N–H and O–H groups in total. The Bertz CT molecular complexity index is 689. The monoisotopic (exact) mass is 356 g/mol. The van der Waals surface area contributed by atoms with Crippen LogP contribution in [-0.2, 0) is 11.3 Å². The van der Waals surface area contributed by atoms with Gasteiger partial charge in [-0.05, 0) is 49.9 Å². The minimum Gasteiger partial charge on any atom is -0.497 e. The van der Waals surface area contributed by atoms with Crippen molar-refractivity contribution in [2.45, 2.75) is 38.3 Å². The largest absolute Gasteiger partial charge is 0.497 e. The Balaban J connectivity index is 1.56. The molecule has 0 aromatic heterocycles. The molecule has 5 heteroatoms. The lowest BCUT2D eigenvalue weighted by atomic mass is 9.86. The number of methoxy groups -OCH3 is 2. The van der Waals surface area contributed by atoms with Crippen LogP contribution in [0.15, 0.2) is 29.8 Å². The van der Waals surface area contributed by atoms with E-state index in [2.05, 4.69) is 15.9 Å². The van der Waals surface area contributed by atoms with E-state index in [0.717, 1.165) is 55.0 Å². The average molecular weight is 356 g/mol. The molecule has 5 nitrogen and oxygen atoms in total. The van der Waals surface area contributed by atoms with Gasteiger partial charge in [0.1, 0.15) is 11.5 Å². The predicted molar refractivity (Wildman–Crippen MR) is 100 cm³/mol. The lowest BCUT2D eigenvalue weighted by molar-refractivity contribution is -0.129. The maximum Gasteiger partial charge on any atom is 0.250 e. The summed E-state index contributed by atoms with van der Waals surface area (Å²) in [6.07, 6.45) is 6.73. The van der Waals surface area contributed by atoms with Crippen LogP contribution in [0.4, 0.5) is 0 Å². The Hall–Kier alpha value is -2.01. The van der Waals surface area contributed by atoms with Crippen molar-refractivity contribution in [2.24, 2.45) is 5.92 Å². The van der Waals surface area contributed by atoms with Crippen LogP contribution < -0.4 is 9.47 Å². The van der Waals surface area contributed by atoms with E-state index >= 15 is 0 Å². The van der Waals surface area contributed by atoms with Crippen molar-refractivity contribution in [2.75, 3.05) is 33.9 Å². The summed E-state index contributed by atoms with van der Waals surface area (Å²) in [4.78, 5) is 17.9. The zero-order valence-corrected chi connectivity index (χ0v) is 15.7. The van der Waals surface area contributed by atoms with Crippen molar-refractivity contribution >= 4 is 5.91 Å². The molecular weight excluding hydrogens is 328 g/mol. The van der Waals surface area contributed by atoms with Gasteiger partial charge in [-0.15, -0.1) is 0 Å². The van der Waals surface area contributed by atoms with Crippen LogP contribution in [-0.4, -0.2) is 55.6 Å². The molecule has 26 heavy (non-hydrogen) atoms. The van der Waals surface area contributed by atoms with Gasteiger partial charge in [-0.25, -0.2) is 0 Å². The zero-order chi connectivity index (χ0) is 18.1. The highest BCUT2D eigenvalue weighted by Crippen LogP contribution is 2.35. The van der Waals surface area contributed by atoms with Gasteiger partial charge in [0, 0.05) is 43.2 Å². The molecule has 2 unspecified atom stereocenters. The smallest absolute Gasteiger partial charge is 0.250 e. The number of carbonyl (C=O) groups excluding carboxylic acids is 1. The fourth-order valence-electron chi connectivity index (χ4n) is 4.20. The molecule has 2 aliphatic heterocycles. The fraction of sp³-hybridized carbons (Fsp3) is 0.571. The van der Waals surface area contributed by atoms with Crippen molar-refractivity contribution in [3.63, 3.8) is 0 Å². The topological polar surface area (TPSA) is 42.0 Å². The summed E-state index contributed by atoms with van der Waals surface area (Å²) in [5.41, 5.74) is 2.10. The zero-order valence-electron chi connectivity index (χ0n) is 15.7. The highest BCUT2D eigenvalue weighted by molar-refractivity contribution is 5.94. The van der Waals surface area contributed by atoms with Crippen molar-refractivity contribution in [3.8, 4) is 11.5 Å². The first-order valence-electron chi connectivity index (χ1n) is 9.63. The van der Waals surface area contributed by atoms with Gasteiger partial charge in [-0.1, -0.05) is 6.08 Å². The van der Waals surface area contributed by atoms with Crippen LogP contribution in [0.3, 0.4) is 0 Å². The SMILES string of the molecule is COc1cc(CN(C(=O)C2=CCN3CCCC2C3)C2CC2)cc(OC)c1.